The molecule has 0 aliphatic rings. The smallest absolute Gasteiger partial charge is 0.726 e. The normalized spacial score (nSPS) is 10.9. The van der Waals surface area contributed by atoms with Crippen molar-refractivity contribution in [2.45, 2.75) is 181 Å². The van der Waals surface area contributed by atoms with Crippen LogP contribution in [0.15, 0.2) is 12.2 Å². The second-order valence-electron chi connectivity index (χ2n) is 11.5. The van der Waals surface area contributed by atoms with Crippen molar-refractivity contribution in [3.05, 3.63) is 12.2 Å². The van der Waals surface area contributed by atoms with Crippen LogP contribution in [0.4, 0.5) is 0 Å². The van der Waals surface area contributed by atoms with Gasteiger partial charge in [-0.05, 0) is 18.9 Å². The van der Waals surface area contributed by atoms with Gasteiger partial charge in [-0.2, -0.15) is 0 Å². The minimum Gasteiger partial charge on any atom is -0.726 e. The number of carboxylic acid groups (broad SMARTS) is 1. The third kappa shape index (κ3) is 54.3. The number of carbonyl (C=O) groups is 2. The van der Waals surface area contributed by atoms with Crippen molar-refractivity contribution >= 4 is 22.3 Å². The fraction of sp³-hybridized carbons (Fsp3) is 0.882. The van der Waals surface area contributed by atoms with Crippen molar-refractivity contribution in [1.29, 1.82) is 0 Å². The monoisotopic (exact) mass is 678 g/mol. The van der Waals surface area contributed by atoms with Gasteiger partial charge in [-0.15, -0.1) is 0 Å². The van der Waals surface area contributed by atoms with Crippen molar-refractivity contribution in [3.63, 3.8) is 0 Å². The van der Waals surface area contributed by atoms with E-state index >= 15 is 0 Å². The Bertz CT molecular complexity index is 748. The molecule has 0 aromatic heterocycles. The van der Waals surface area contributed by atoms with Crippen LogP contribution in [0.3, 0.4) is 0 Å². The van der Waals surface area contributed by atoms with Gasteiger partial charge in [-0.3, -0.25) is 4.18 Å². The summed E-state index contributed by atoms with van der Waals surface area (Å²) in [7, 11) is -4.48. The maximum absolute atomic E-state index is 11.1. The van der Waals surface area contributed by atoms with E-state index < -0.39 is 22.3 Å². The summed E-state index contributed by atoms with van der Waals surface area (Å²) in [5, 5.41) is 10.1. The first-order valence-corrected chi connectivity index (χ1v) is 18.7. The largest absolute Gasteiger partial charge is 1.00 e. The van der Waals surface area contributed by atoms with Crippen molar-refractivity contribution in [2.24, 2.45) is 0 Å². The molecule has 0 unspecified atom stereocenters. The molecule has 0 aliphatic carbocycles. The van der Waals surface area contributed by atoms with Crippen molar-refractivity contribution in [2.75, 3.05) is 13.2 Å². The van der Waals surface area contributed by atoms with Crippen LogP contribution in [-0.2, 0) is 28.9 Å². The maximum atomic E-state index is 11.1. The summed E-state index contributed by atoms with van der Waals surface area (Å²) in [4.78, 5) is 21.2. The summed E-state index contributed by atoms with van der Waals surface area (Å²) in [5.74, 6) is -2.00. The fourth-order valence-corrected chi connectivity index (χ4v) is 5.08. The molecule has 0 aromatic carbocycles. The van der Waals surface area contributed by atoms with Gasteiger partial charge in [0.05, 0.1) is 19.2 Å². The molecule has 0 saturated carbocycles. The van der Waals surface area contributed by atoms with Gasteiger partial charge in [0.1, 0.15) is 0 Å². The van der Waals surface area contributed by atoms with Gasteiger partial charge < -0.3 is 19.2 Å². The topological polar surface area (TPSA) is 133 Å². The quantitative estimate of drug-likeness (QED) is 0.0273. The standard InChI is InChI=1S/C22H40O4.C12H26O4S.2Na/c1-2-3-4-5-6-7-8-9-10-11-12-13-14-15-16-17-20-26-22(25)19-18-21(23)24;1-2-3-4-5-6-7-8-9-10-11-12-16-17(13,14)15;;/h18-19H,2-17,20H2,1H3,(H,23,24);2-12H2,1H3,(H,13,14,15);;/q;;2*+1/p-2/b19-18+;;;. The Morgan fingerprint density at radius 1 is 0.511 bits per heavy atom. The van der Waals surface area contributed by atoms with Crippen LogP contribution < -0.4 is 64.2 Å². The molecule has 0 fully saturated rings. The molecule has 0 atom stereocenters. The number of rotatable bonds is 31. The Morgan fingerprint density at radius 2 is 0.800 bits per heavy atom. The molecule has 0 rings (SSSR count). The van der Waals surface area contributed by atoms with Crippen LogP contribution in [0, 0.1) is 0 Å². The molecule has 0 aromatic rings. The number of unbranched alkanes of at least 4 members (excludes halogenated alkanes) is 24. The number of aliphatic carboxylic acids is 1. The minimum atomic E-state index is -4.48. The molecular formula is C34H64Na2O8S. The van der Waals surface area contributed by atoms with Gasteiger partial charge in [0.15, 0.2) is 0 Å². The summed E-state index contributed by atoms with van der Waals surface area (Å²) in [6.07, 6.45) is 34.1. The first-order valence-electron chi connectivity index (χ1n) is 17.4. The molecule has 45 heavy (non-hydrogen) atoms. The number of carbonyl (C=O) groups excluding carboxylic acids is 2. The van der Waals surface area contributed by atoms with E-state index in [4.69, 9.17) is 4.74 Å². The van der Waals surface area contributed by atoms with Gasteiger partial charge in [0.25, 0.3) is 0 Å². The third-order valence-electron chi connectivity index (χ3n) is 7.32. The summed E-state index contributed by atoms with van der Waals surface area (Å²) in [5.41, 5.74) is 0. The number of ether oxygens (including phenoxy) is 1. The van der Waals surface area contributed by atoms with E-state index in [1.807, 2.05) is 0 Å². The zero-order chi connectivity index (χ0) is 32.3. The predicted molar refractivity (Wildman–Crippen MR) is 172 cm³/mol. The van der Waals surface area contributed by atoms with Gasteiger partial charge in [0.2, 0.25) is 10.4 Å². The molecule has 0 saturated heterocycles. The van der Waals surface area contributed by atoms with Crippen LogP contribution in [-0.4, -0.2) is 38.1 Å². The predicted octanol–water partition coefficient (Wildman–Crippen LogP) is 2.49. The Balaban J connectivity index is -0.000000387. The van der Waals surface area contributed by atoms with Crippen LogP contribution in [0.2, 0.25) is 0 Å². The average Bonchev–Trinajstić information content (AvgIpc) is 2.96. The number of hydrogen-bond acceptors (Lipinski definition) is 8. The van der Waals surface area contributed by atoms with Crippen molar-refractivity contribution in [1.82, 2.24) is 0 Å². The van der Waals surface area contributed by atoms with E-state index in [0.717, 1.165) is 31.8 Å². The molecule has 0 N–H and O–H groups in total. The van der Waals surface area contributed by atoms with Crippen LogP contribution in [0.1, 0.15) is 181 Å². The molecule has 0 radical (unpaired) electrons. The van der Waals surface area contributed by atoms with E-state index in [9.17, 15) is 27.7 Å². The second-order valence-corrected chi connectivity index (χ2v) is 12.6. The third-order valence-corrected chi connectivity index (χ3v) is 7.78. The second kappa shape index (κ2) is 42.6. The molecule has 0 amide bonds. The molecule has 0 bridgehead atoms. The van der Waals surface area contributed by atoms with Crippen molar-refractivity contribution in [3.8, 4) is 0 Å². The Labute approximate surface area is 321 Å². The molecule has 0 aliphatic heterocycles. The Kier molecular flexibility index (Phi) is 49.5. The van der Waals surface area contributed by atoms with Crippen molar-refractivity contribution < 1.29 is 95.7 Å². The number of hydrogen-bond donors (Lipinski definition) is 0. The van der Waals surface area contributed by atoms with Gasteiger partial charge >= 0.3 is 65.1 Å². The summed E-state index contributed by atoms with van der Waals surface area (Å²) in [6, 6.07) is 0. The molecular weight excluding hydrogens is 614 g/mol. The maximum Gasteiger partial charge on any atom is 1.00 e. The van der Waals surface area contributed by atoms with E-state index in [1.165, 1.54) is 135 Å². The minimum absolute atomic E-state index is 0. The van der Waals surface area contributed by atoms with Gasteiger partial charge in [-0.25, -0.2) is 13.2 Å². The van der Waals surface area contributed by atoms with Gasteiger partial charge in [-0.1, -0.05) is 168 Å². The zero-order valence-corrected chi connectivity index (χ0v) is 34.4. The molecule has 11 heteroatoms. The fourth-order valence-electron chi connectivity index (χ4n) is 4.76. The van der Waals surface area contributed by atoms with E-state index in [-0.39, 0.29) is 65.7 Å². The average molecular weight is 679 g/mol. The summed E-state index contributed by atoms with van der Waals surface area (Å²) < 4.78 is 39.4. The zero-order valence-electron chi connectivity index (χ0n) is 29.6. The molecule has 256 valence electrons. The summed E-state index contributed by atoms with van der Waals surface area (Å²) >= 11 is 0. The first-order chi connectivity index (χ1) is 20.7. The Morgan fingerprint density at radius 3 is 1.09 bits per heavy atom. The Hall–Kier alpha value is 0.550. The van der Waals surface area contributed by atoms with Crippen LogP contribution >= 0.6 is 0 Å². The summed E-state index contributed by atoms with van der Waals surface area (Å²) in [6.45, 7) is 4.86. The van der Waals surface area contributed by atoms with Crippen LogP contribution in [0.25, 0.3) is 0 Å². The van der Waals surface area contributed by atoms with Gasteiger partial charge in [0, 0.05) is 6.08 Å². The van der Waals surface area contributed by atoms with E-state index in [0.29, 0.717) is 19.1 Å². The van der Waals surface area contributed by atoms with Crippen LogP contribution in [0.5, 0.6) is 0 Å². The molecule has 0 spiro atoms. The van der Waals surface area contributed by atoms with E-state index in [2.05, 4.69) is 18.0 Å². The SMILES string of the molecule is CCCCCCCCCCCCCCCCCCOC(=O)/C=C/C(=O)[O-].CCCCCCCCCCCCOS(=O)(=O)[O-].[Na+].[Na+]. The van der Waals surface area contributed by atoms with E-state index in [1.54, 1.807) is 0 Å². The molecule has 8 nitrogen and oxygen atoms in total. The number of esters is 1. The molecule has 0 heterocycles. The first kappa shape index (κ1) is 52.4. The number of carboxylic acids is 1.